The van der Waals surface area contributed by atoms with Gasteiger partial charge in [-0.25, -0.2) is 0 Å². The summed E-state index contributed by atoms with van der Waals surface area (Å²) >= 11 is 0. The van der Waals surface area contributed by atoms with Crippen LogP contribution < -0.4 is 10.6 Å². The van der Waals surface area contributed by atoms with E-state index in [0.29, 0.717) is 19.5 Å². The molecule has 0 spiro atoms. The Hall–Kier alpha value is -0.240. The molecule has 1 rings (SSSR count). The number of nitrogens with one attached hydrogen (secondary N) is 2. The average Bonchev–Trinajstić information content (AvgIpc) is 2.33. The van der Waals surface area contributed by atoms with Crippen molar-refractivity contribution >= 4 is 30.7 Å². The summed E-state index contributed by atoms with van der Waals surface area (Å²) in [7, 11) is 1.43. The summed E-state index contributed by atoms with van der Waals surface area (Å²) in [6.07, 6.45) is -0.680. The molecule has 1 fully saturated rings. The van der Waals surface area contributed by atoms with Crippen LogP contribution in [0.25, 0.3) is 0 Å². The minimum absolute atomic E-state index is 0. The van der Waals surface area contributed by atoms with Gasteiger partial charge in [-0.15, -0.1) is 24.8 Å². The Morgan fingerprint density at radius 2 is 2.00 bits per heavy atom. The lowest BCUT2D eigenvalue weighted by atomic mass is 10.0. The standard InChI is InChI=1S/C12H22F3N3O.2ClH/c1-18(9-12(13,14)15)8-4-7-17-11(19)10-5-2-3-6-16-10;;/h10,16H,2-9H2,1H3,(H,17,19);2*1H. The molecule has 128 valence electrons. The molecule has 0 aliphatic carbocycles. The zero-order chi connectivity index (χ0) is 14.3. The lowest BCUT2D eigenvalue weighted by Crippen LogP contribution is -2.47. The number of alkyl halides is 3. The number of piperidine rings is 1. The molecule has 0 aromatic rings. The summed E-state index contributed by atoms with van der Waals surface area (Å²) in [5.74, 6) is -0.0434. The van der Waals surface area contributed by atoms with Crippen molar-refractivity contribution in [2.24, 2.45) is 0 Å². The number of rotatable bonds is 6. The second-order valence-corrected chi connectivity index (χ2v) is 5.00. The highest BCUT2D eigenvalue weighted by Gasteiger charge is 2.28. The van der Waals surface area contributed by atoms with E-state index in [0.717, 1.165) is 25.8 Å². The van der Waals surface area contributed by atoms with E-state index in [9.17, 15) is 18.0 Å². The predicted molar refractivity (Wildman–Crippen MR) is 81.3 cm³/mol. The Balaban J connectivity index is 0. The van der Waals surface area contributed by atoms with Crippen LogP contribution in [0.4, 0.5) is 13.2 Å². The molecule has 1 amide bonds. The number of hydrogen-bond acceptors (Lipinski definition) is 3. The van der Waals surface area contributed by atoms with Crippen molar-refractivity contribution in [2.45, 2.75) is 37.9 Å². The van der Waals surface area contributed by atoms with E-state index in [1.807, 2.05) is 0 Å². The van der Waals surface area contributed by atoms with Crippen molar-refractivity contribution in [3.63, 3.8) is 0 Å². The molecule has 0 radical (unpaired) electrons. The molecule has 0 aromatic carbocycles. The maximum absolute atomic E-state index is 12.1. The van der Waals surface area contributed by atoms with E-state index >= 15 is 0 Å². The lowest BCUT2D eigenvalue weighted by Gasteiger charge is -2.23. The molecule has 1 aliphatic rings. The van der Waals surface area contributed by atoms with Crippen LogP contribution in [0.5, 0.6) is 0 Å². The molecule has 4 nitrogen and oxygen atoms in total. The Morgan fingerprint density at radius 1 is 1.33 bits per heavy atom. The van der Waals surface area contributed by atoms with Crippen LogP contribution in [0.15, 0.2) is 0 Å². The van der Waals surface area contributed by atoms with Crippen LogP contribution in [0.1, 0.15) is 25.7 Å². The fourth-order valence-corrected chi connectivity index (χ4v) is 2.14. The maximum atomic E-state index is 12.1. The summed E-state index contributed by atoms with van der Waals surface area (Å²) in [4.78, 5) is 12.9. The van der Waals surface area contributed by atoms with E-state index in [-0.39, 0.29) is 36.8 Å². The quantitative estimate of drug-likeness (QED) is 0.717. The van der Waals surface area contributed by atoms with Gasteiger partial charge in [-0.05, 0) is 39.4 Å². The summed E-state index contributed by atoms with van der Waals surface area (Å²) in [5.41, 5.74) is 0. The summed E-state index contributed by atoms with van der Waals surface area (Å²) in [5, 5.41) is 5.89. The number of amides is 1. The van der Waals surface area contributed by atoms with Gasteiger partial charge in [0, 0.05) is 6.54 Å². The molecule has 1 atom stereocenters. The van der Waals surface area contributed by atoms with Gasteiger partial charge in [-0.2, -0.15) is 13.2 Å². The lowest BCUT2D eigenvalue weighted by molar-refractivity contribution is -0.143. The highest BCUT2D eigenvalue weighted by molar-refractivity contribution is 5.85. The van der Waals surface area contributed by atoms with Crippen LogP contribution in [-0.2, 0) is 4.79 Å². The van der Waals surface area contributed by atoms with Crippen LogP contribution in [0, 0.1) is 0 Å². The third kappa shape index (κ3) is 11.0. The molecular weight excluding hydrogens is 330 g/mol. The van der Waals surface area contributed by atoms with E-state index in [1.54, 1.807) is 0 Å². The van der Waals surface area contributed by atoms with Gasteiger partial charge >= 0.3 is 6.18 Å². The molecule has 2 N–H and O–H groups in total. The van der Waals surface area contributed by atoms with Gasteiger partial charge in [0.05, 0.1) is 12.6 Å². The first-order valence-electron chi connectivity index (χ1n) is 6.65. The zero-order valence-electron chi connectivity index (χ0n) is 12.0. The predicted octanol–water partition coefficient (Wildman–Crippen LogP) is 1.97. The van der Waals surface area contributed by atoms with Gasteiger partial charge in [-0.3, -0.25) is 9.69 Å². The fourth-order valence-electron chi connectivity index (χ4n) is 2.14. The first kappa shape index (κ1) is 23.0. The SMILES string of the molecule is CN(CCCNC(=O)C1CCCCN1)CC(F)(F)F.Cl.Cl. The molecule has 1 heterocycles. The normalized spacial score (nSPS) is 18.6. The highest BCUT2D eigenvalue weighted by atomic mass is 35.5. The molecule has 0 bridgehead atoms. The second-order valence-electron chi connectivity index (χ2n) is 5.00. The Morgan fingerprint density at radius 3 is 2.52 bits per heavy atom. The van der Waals surface area contributed by atoms with Crippen LogP contribution in [0.2, 0.25) is 0 Å². The smallest absolute Gasteiger partial charge is 0.355 e. The van der Waals surface area contributed by atoms with Crippen molar-refractivity contribution in [3.8, 4) is 0 Å². The topological polar surface area (TPSA) is 44.4 Å². The third-order valence-electron chi connectivity index (χ3n) is 3.09. The summed E-state index contributed by atoms with van der Waals surface area (Å²) < 4.78 is 36.2. The van der Waals surface area contributed by atoms with Crippen LogP contribution in [0.3, 0.4) is 0 Å². The average molecular weight is 354 g/mol. The van der Waals surface area contributed by atoms with Crippen molar-refractivity contribution in [1.29, 1.82) is 0 Å². The number of hydrogen-bond donors (Lipinski definition) is 2. The molecular formula is C12H24Cl2F3N3O. The minimum atomic E-state index is -4.16. The van der Waals surface area contributed by atoms with Gasteiger partial charge in [0.1, 0.15) is 0 Å². The summed E-state index contributed by atoms with van der Waals surface area (Å²) in [6.45, 7) is 0.675. The number of nitrogens with zero attached hydrogens (tertiary/aromatic N) is 1. The highest BCUT2D eigenvalue weighted by Crippen LogP contribution is 2.15. The molecule has 0 aromatic heterocycles. The molecule has 1 aliphatic heterocycles. The maximum Gasteiger partial charge on any atom is 0.401 e. The van der Waals surface area contributed by atoms with Crippen molar-refractivity contribution in [2.75, 3.05) is 33.2 Å². The van der Waals surface area contributed by atoms with Gasteiger partial charge in [0.25, 0.3) is 0 Å². The van der Waals surface area contributed by atoms with Crippen molar-refractivity contribution in [3.05, 3.63) is 0 Å². The van der Waals surface area contributed by atoms with Crippen LogP contribution >= 0.6 is 24.8 Å². The fraction of sp³-hybridized carbons (Fsp3) is 0.917. The number of carbonyl (C=O) groups is 1. The molecule has 0 saturated carbocycles. The summed E-state index contributed by atoms with van der Waals surface area (Å²) in [6, 6.07) is -0.137. The van der Waals surface area contributed by atoms with Gasteiger partial charge in [0.15, 0.2) is 0 Å². The molecule has 21 heavy (non-hydrogen) atoms. The zero-order valence-corrected chi connectivity index (χ0v) is 13.7. The number of carbonyl (C=O) groups excluding carboxylic acids is 1. The van der Waals surface area contributed by atoms with E-state index in [1.165, 1.54) is 11.9 Å². The van der Waals surface area contributed by atoms with E-state index < -0.39 is 12.7 Å². The monoisotopic (exact) mass is 353 g/mol. The largest absolute Gasteiger partial charge is 0.401 e. The third-order valence-corrected chi connectivity index (χ3v) is 3.09. The van der Waals surface area contributed by atoms with Gasteiger partial charge < -0.3 is 10.6 Å². The Kier molecular flexibility index (Phi) is 12.4. The van der Waals surface area contributed by atoms with E-state index in [4.69, 9.17) is 0 Å². The molecule has 1 unspecified atom stereocenters. The van der Waals surface area contributed by atoms with Crippen LogP contribution in [-0.4, -0.2) is 56.3 Å². The van der Waals surface area contributed by atoms with Gasteiger partial charge in [0.2, 0.25) is 5.91 Å². The van der Waals surface area contributed by atoms with Crippen molar-refractivity contribution in [1.82, 2.24) is 15.5 Å². The van der Waals surface area contributed by atoms with Gasteiger partial charge in [-0.1, -0.05) is 6.42 Å². The second kappa shape index (κ2) is 11.3. The number of halogens is 5. The minimum Gasteiger partial charge on any atom is -0.355 e. The first-order chi connectivity index (χ1) is 8.88. The first-order valence-corrected chi connectivity index (χ1v) is 6.65. The van der Waals surface area contributed by atoms with Crippen molar-refractivity contribution < 1.29 is 18.0 Å². The Labute approximate surface area is 136 Å². The Bertz CT molecular complexity index is 287. The molecule has 1 saturated heterocycles. The molecule has 9 heteroatoms. The van der Waals surface area contributed by atoms with E-state index in [2.05, 4.69) is 10.6 Å².